The topological polar surface area (TPSA) is 36.9 Å². The smallest absolute Gasteiger partial charge is 0.193 e. The molecule has 1 aliphatic carbocycles. The van der Waals surface area contributed by atoms with E-state index in [1.54, 1.807) is 12.1 Å². The Labute approximate surface area is 172 Å². The lowest BCUT2D eigenvalue weighted by molar-refractivity contribution is 0.0906. The van der Waals surface area contributed by atoms with Gasteiger partial charge in [-0.2, -0.15) is 0 Å². The van der Waals surface area contributed by atoms with Crippen molar-refractivity contribution in [3.8, 4) is 0 Å². The summed E-state index contributed by atoms with van der Waals surface area (Å²) in [6.45, 7) is 4.08. The van der Waals surface area contributed by atoms with Gasteiger partial charge in [0, 0.05) is 38.0 Å². The molecule has 1 unspecified atom stereocenters. The quantitative estimate of drug-likeness (QED) is 0.569. The Kier molecular flexibility index (Phi) is 6.14. The van der Waals surface area contributed by atoms with Crippen LogP contribution in [-0.2, 0) is 16.8 Å². The molecule has 29 heavy (non-hydrogen) atoms. The van der Waals surface area contributed by atoms with Gasteiger partial charge in [0.25, 0.3) is 0 Å². The van der Waals surface area contributed by atoms with E-state index in [9.17, 15) is 4.39 Å². The van der Waals surface area contributed by atoms with E-state index in [1.165, 1.54) is 5.56 Å². The molecule has 1 aliphatic heterocycles. The Morgan fingerprint density at radius 3 is 2.66 bits per heavy atom. The van der Waals surface area contributed by atoms with Crippen molar-refractivity contribution in [2.75, 3.05) is 33.3 Å². The van der Waals surface area contributed by atoms with Gasteiger partial charge in [-0.05, 0) is 36.5 Å². The van der Waals surface area contributed by atoms with Crippen molar-refractivity contribution in [1.82, 2.24) is 10.2 Å². The van der Waals surface area contributed by atoms with E-state index in [4.69, 9.17) is 4.74 Å². The molecule has 0 amide bonds. The summed E-state index contributed by atoms with van der Waals surface area (Å²) in [6.07, 6.45) is 3.15. The SMILES string of the molecule is CN=C(NCC1(c2ccccc2F)CC1)N1CCC(COCc2ccccc2)C1. The van der Waals surface area contributed by atoms with E-state index in [2.05, 4.69) is 27.3 Å². The average Bonchev–Trinajstić information content (AvgIpc) is 3.39. The molecule has 0 spiro atoms. The van der Waals surface area contributed by atoms with Gasteiger partial charge in [-0.1, -0.05) is 48.5 Å². The van der Waals surface area contributed by atoms with Gasteiger partial charge in [-0.3, -0.25) is 4.99 Å². The summed E-state index contributed by atoms with van der Waals surface area (Å²) in [4.78, 5) is 6.78. The summed E-state index contributed by atoms with van der Waals surface area (Å²) in [6, 6.07) is 17.5. The fraction of sp³-hybridized carbons (Fsp3) is 0.458. The first-order chi connectivity index (χ1) is 14.2. The second-order valence-corrected chi connectivity index (χ2v) is 8.26. The Balaban J connectivity index is 1.26. The molecule has 1 saturated heterocycles. The molecule has 154 valence electrons. The number of likely N-dealkylation sites (tertiary alicyclic amines) is 1. The molecule has 1 N–H and O–H groups in total. The van der Waals surface area contributed by atoms with Crippen molar-refractivity contribution in [1.29, 1.82) is 0 Å². The fourth-order valence-electron chi connectivity index (χ4n) is 4.24. The third-order valence-corrected chi connectivity index (χ3v) is 6.15. The van der Waals surface area contributed by atoms with E-state index < -0.39 is 0 Å². The van der Waals surface area contributed by atoms with E-state index >= 15 is 0 Å². The Morgan fingerprint density at radius 2 is 1.93 bits per heavy atom. The highest BCUT2D eigenvalue weighted by atomic mass is 19.1. The van der Waals surface area contributed by atoms with Crippen LogP contribution in [0.2, 0.25) is 0 Å². The molecule has 2 aliphatic rings. The minimum Gasteiger partial charge on any atom is -0.376 e. The summed E-state index contributed by atoms with van der Waals surface area (Å²) < 4.78 is 20.2. The first-order valence-electron chi connectivity index (χ1n) is 10.5. The van der Waals surface area contributed by atoms with E-state index in [0.29, 0.717) is 12.5 Å². The van der Waals surface area contributed by atoms with Crippen molar-refractivity contribution in [2.24, 2.45) is 10.9 Å². The van der Waals surface area contributed by atoms with Crippen LogP contribution in [0.1, 0.15) is 30.4 Å². The second-order valence-electron chi connectivity index (χ2n) is 8.26. The lowest BCUT2D eigenvalue weighted by Gasteiger charge is -2.25. The maximum absolute atomic E-state index is 14.2. The first-order valence-corrected chi connectivity index (χ1v) is 10.5. The maximum atomic E-state index is 14.2. The molecule has 0 radical (unpaired) electrons. The van der Waals surface area contributed by atoms with Crippen LogP contribution in [0.25, 0.3) is 0 Å². The van der Waals surface area contributed by atoms with Crippen LogP contribution in [0, 0.1) is 11.7 Å². The van der Waals surface area contributed by atoms with Crippen LogP contribution in [0.3, 0.4) is 0 Å². The van der Waals surface area contributed by atoms with Crippen LogP contribution in [0.4, 0.5) is 4.39 Å². The highest BCUT2D eigenvalue weighted by Crippen LogP contribution is 2.48. The lowest BCUT2D eigenvalue weighted by atomic mass is 9.95. The van der Waals surface area contributed by atoms with Gasteiger partial charge < -0.3 is 15.0 Å². The minimum absolute atomic E-state index is 0.0841. The molecule has 2 fully saturated rings. The summed E-state index contributed by atoms with van der Waals surface area (Å²) in [7, 11) is 1.82. The number of guanidine groups is 1. The summed E-state index contributed by atoms with van der Waals surface area (Å²) in [5.41, 5.74) is 1.96. The van der Waals surface area contributed by atoms with E-state index in [1.807, 2.05) is 37.4 Å². The van der Waals surface area contributed by atoms with E-state index in [-0.39, 0.29) is 11.2 Å². The van der Waals surface area contributed by atoms with Gasteiger partial charge in [-0.25, -0.2) is 4.39 Å². The van der Waals surface area contributed by atoms with Gasteiger partial charge in [0.2, 0.25) is 0 Å². The predicted molar refractivity (Wildman–Crippen MR) is 114 cm³/mol. The molecule has 2 aromatic carbocycles. The standard InChI is InChI=1S/C24H30FN3O/c1-26-23(27-18-24(12-13-24)21-9-5-6-10-22(21)25)28-14-11-20(15-28)17-29-16-19-7-3-2-4-8-19/h2-10,20H,11-18H2,1H3,(H,26,27). The molecule has 1 atom stereocenters. The molecular weight excluding hydrogens is 365 g/mol. The largest absolute Gasteiger partial charge is 0.376 e. The van der Waals surface area contributed by atoms with Crippen molar-refractivity contribution in [2.45, 2.75) is 31.3 Å². The van der Waals surface area contributed by atoms with Gasteiger partial charge in [0.1, 0.15) is 5.82 Å². The molecular formula is C24H30FN3O. The third-order valence-electron chi connectivity index (χ3n) is 6.15. The maximum Gasteiger partial charge on any atom is 0.193 e. The zero-order valence-corrected chi connectivity index (χ0v) is 17.1. The van der Waals surface area contributed by atoms with Gasteiger partial charge in [-0.15, -0.1) is 0 Å². The zero-order chi connectivity index (χ0) is 20.1. The van der Waals surface area contributed by atoms with Crippen LogP contribution in [-0.4, -0.2) is 44.1 Å². The van der Waals surface area contributed by atoms with Gasteiger partial charge in [0.15, 0.2) is 5.96 Å². The molecule has 2 aromatic rings. The van der Waals surface area contributed by atoms with Crippen LogP contribution in [0.5, 0.6) is 0 Å². The van der Waals surface area contributed by atoms with Crippen molar-refractivity contribution < 1.29 is 9.13 Å². The molecule has 1 saturated carbocycles. The predicted octanol–water partition coefficient (Wildman–Crippen LogP) is 3.97. The van der Waals surface area contributed by atoms with Gasteiger partial charge in [0.05, 0.1) is 13.2 Å². The Hall–Kier alpha value is -2.40. The minimum atomic E-state index is -0.0985. The Bertz CT molecular complexity index is 835. The van der Waals surface area contributed by atoms with Gasteiger partial charge >= 0.3 is 0 Å². The number of hydrogen-bond donors (Lipinski definition) is 1. The molecule has 0 bridgehead atoms. The number of halogens is 1. The normalized spacial score (nSPS) is 20.7. The summed E-state index contributed by atoms with van der Waals surface area (Å²) in [5, 5.41) is 3.51. The second kappa shape index (κ2) is 8.95. The summed E-state index contributed by atoms with van der Waals surface area (Å²) in [5.74, 6) is 1.33. The first kappa shape index (κ1) is 19.9. The van der Waals surface area contributed by atoms with E-state index in [0.717, 1.165) is 57.0 Å². The number of rotatable bonds is 7. The lowest BCUT2D eigenvalue weighted by Crippen LogP contribution is -2.43. The van der Waals surface area contributed by atoms with Crippen molar-refractivity contribution in [3.05, 3.63) is 71.5 Å². The number of ether oxygens (including phenoxy) is 1. The fourth-order valence-corrected chi connectivity index (χ4v) is 4.24. The molecule has 1 heterocycles. The van der Waals surface area contributed by atoms with Crippen LogP contribution < -0.4 is 5.32 Å². The number of benzene rings is 2. The highest BCUT2D eigenvalue weighted by Gasteiger charge is 2.46. The van der Waals surface area contributed by atoms with Crippen LogP contribution in [0.15, 0.2) is 59.6 Å². The van der Waals surface area contributed by atoms with Crippen LogP contribution >= 0.6 is 0 Å². The van der Waals surface area contributed by atoms with Crippen molar-refractivity contribution in [3.63, 3.8) is 0 Å². The van der Waals surface area contributed by atoms with Crippen molar-refractivity contribution >= 4 is 5.96 Å². The number of nitrogens with one attached hydrogen (secondary N) is 1. The molecule has 4 nitrogen and oxygen atoms in total. The third kappa shape index (κ3) is 4.78. The number of aliphatic imine (C=N–C) groups is 1. The molecule has 5 heteroatoms. The average molecular weight is 396 g/mol. The number of hydrogen-bond acceptors (Lipinski definition) is 2. The highest BCUT2D eigenvalue weighted by molar-refractivity contribution is 5.80. The zero-order valence-electron chi connectivity index (χ0n) is 17.1. The number of nitrogens with zero attached hydrogens (tertiary/aromatic N) is 2. The molecule has 0 aromatic heterocycles. The molecule has 4 rings (SSSR count). The summed E-state index contributed by atoms with van der Waals surface area (Å²) >= 11 is 0. The Morgan fingerprint density at radius 1 is 1.17 bits per heavy atom. The monoisotopic (exact) mass is 395 g/mol.